The van der Waals surface area contributed by atoms with E-state index in [4.69, 9.17) is 14.2 Å². The fourth-order valence-corrected chi connectivity index (χ4v) is 2.59. The predicted molar refractivity (Wildman–Crippen MR) is 115 cm³/mol. The smallest absolute Gasteiger partial charge is 0.424 e. The van der Waals surface area contributed by atoms with Crippen LogP contribution in [-0.2, 0) is 9.47 Å². The van der Waals surface area contributed by atoms with Gasteiger partial charge in [-0.25, -0.2) is 9.59 Å². The van der Waals surface area contributed by atoms with Crippen LogP contribution in [0.15, 0.2) is 23.8 Å². The Balaban J connectivity index is 3.72. The van der Waals surface area contributed by atoms with Crippen molar-refractivity contribution in [3.05, 3.63) is 34.9 Å². The van der Waals surface area contributed by atoms with E-state index in [1.165, 1.54) is 0 Å². The van der Waals surface area contributed by atoms with E-state index >= 15 is 0 Å². The van der Waals surface area contributed by atoms with Crippen molar-refractivity contribution in [2.45, 2.75) is 79.9 Å². The van der Waals surface area contributed by atoms with Gasteiger partial charge in [-0.15, -0.1) is 0 Å². The third kappa shape index (κ3) is 7.11. The molecule has 0 bridgehead atoms. The van der Waals surface area contributed by atoms with Crippen molar-refractivity contribution in [1.82, 2.24) is 4.90 Å². The van der Waals surface area contributed by atoms with Gasteiger partial charge in [0.25, 0.3) is 0 Å². The van der Waals surface area contributed by atoms with E-state index in [0.717, 1.165) is 16.0 Å². The topological polar surface area (TPSA) is 65.1 Å². The lowest BCUT2D eigenvalue weighted by molar-refractivity contribution is 0.0127. The van der Waals surface area contributed by atoms with Crippen LogP contribution in [0.2, 0.25) is 0 Å². The second kappa shape index (κ2) is 9.33. The number of methoxy groups -OCH3 is 1. The number of hydrogen-bond donors (Lipinski definition) is 0. The maximum absolute atomic E-state index is 13.1. The van der Waals surface area contributed by atoms with E-state index < -0.39 is 23.4 Å². The summed E-state index contributed by atoms with van der Waals surface area (Å²) >= 11 is 0. The summed E-state index contributed by atoms with van der Waals surface area (Å²) in [5.41, 5.74) is 1.28. The minimum atomic E-state index is -0.793. The quantitative estimate of drug-likeness (QED) is 0.587. The Kier molecular flexibility index (Phi) is 7.90. The first-order chi connectivity index (χ1) is 13.2. The van der Waals surface area contributed by atoms with Gasteiger partial charge in [-0.05, 0) is 79.5 Å². The molecule has 0 N–H and O–H groups in total. The molecule has 1 rings (SSSR count). The highest BCUT2D eigenvalue weighted by atomic mass is 16.6. The number of nitrogens with zero attached hydrogens (tertiary/aromatic N) is 1. The van der Waals surface area contributed by atoms with Gasteiger partial charge >= 0.3 is 12.2 Å². The van der Waals surface area contributed by atoms with Gasteiger partial charge in [0.2, 0.25) is 0 Å². The van der Waals surface area contributed by atoms with Gasteiger partial charge in [-0.1, -0.05) is 18.6 Å². The summed E-state index contributed by atoms with van der Waals surface area (Å²) in [4.78, 5) is 27.2. The molecule has 162 valence electrons. The molecule has 6 heteroatoms. The molecule has 0 unspecified atom stereocenters. The zero-order valence-corrected chi connectivity index (χ0v) is 19.4. The molecule has 0 aliphatic carbocycles. The Morgan fingerprint density at radius 2 is 1.45 bits per heavy atom. The predicted octanol–water partition coefficient (Wildman–Crippen LogP) is 6.32. The Morgan fingerprint density at radius 3 is 1.83 bits per heavy atom. The van der Waals surface area contributed by atoms with Crippen LogP contribution in [0.5, 0.6) is 5.75 Å². The lowest BCUT2D eigenvalue weighted by atomic mass is 10.0. The van der Waals surface area contributed by atoms with E-state index in [2.05, 4.69) is 0 Å². The average molecular weight is 406 g/mol. The molecule has 0 heterocycles. The van der Waals surface area contributed by atoms with Crippen LogP contribution < -0.4 is 4.74 Å². The largest absolute Gasteiger partial charge is 0.496 e. The lowest BCUT2D eigenvalue weighted by Gasteiger charge is -2.31. The summed E-state index contributed by atoms with van der Waals surface area (Å²) in [6, 6.07) is 5.61. The molecule has 0 fully saturated rings. The van der Waals surface area contributed by atoms with E-state index in [9.17, 15) is 9.59 Å². The maximum atomic E-state index is 13.1. The number of rotatable bonds is 4. The third-order valence-corrected chi connectivity index (χ3v) is 3.92. The second-order valence-corrected chi connectivity index (χ2v) is 8.98. The highest BCUT2D eigenvalue weighted by Crippen LogP contribution is 2.35. The zero-order valence-electron chi connectivity index (χ0n) is 19.4. The van der Waals surface area contributed by atoms with Crippen LogP contribution in [0.1, 0.15) is 72.9 Å². The molecule has 0 aliphatic rings. The fraction of sp³-hybridized carbons (Fsp3) is 0.565. The van der Waals surface area contributed by atoms with Crippen LogP contribution in [0, 0.1) is 6.92 Å². The summed E-state index contributed by atoms with van der Waals surface area (Å²) in [6.45, 7) is 16.3. The molecule has 0 radical (unpaired) electrons. The van der Waals surface area contributed by atoms with Gasteiger partial charge in [0.15, 0.2) is 0 Å². The van der Waals surface area contributed by atoms with E-state index in [0.29, 0.717) is 23.4 Å². The van der Waals surface area contributed by atoms with Crippen molar-refractivity contribution in [3.63, 3.8) is 0 Å². The number of amides is 2. The van der Waals surface area contributed by atoms with Crippen molar-refractivity contribution in [1.29, 1.82) is 0 Å². The van der Waals surface area contributed by atoms with E-state index in [-0.39, 0.29) is 0 Å². The van der Waals surface area contributed by atoms with Crippen LogP contribution in [0.4, 0.5) is 9.59 Å². The minimum absolute atomic E-state index is 0.413. The molecule has 0 saturated heterocycles. The molecule has 2 amide bonds. The van der Waals surface area contributed by atoms with E-state index in [1.54, 1.807) is 48.7 Å². The van der Waals surface area contributed by atoms with Crippen molar-refractivity contribution >= 4 is 17.9 Å². The number of imide groups is 1. The molecule has 0 aromatic heterocycles. The molecule has 0 spiro atoms. The zero-order chi connectivity index (χ0) is 22.6. The lowest BCUT2D eigenvalue weighted by Crippen LogP contribution is -2.43. The van der Waals surface area contributed by atoms with Crippen molar-refractivity contribution in [2.75, 3.05) is 7.11 Å². The number of allylic oxidation sites excluding steroid dienone is 1. The van der Waals surface area contributed by atoms with Crippen molar-refractivity contribution in [3.8, 4) is 5.75 Å². The maximum Gasteiger partial charge on any atom is 0.424 e. The van der Waals surface area contributed by atoms with Crippen LogP contribution in [-0.4, -0.2) is 35.4 Å². The molecular formula is C23H35NO5. The Hall–Kier alpha value is -2.50. The van der Waals surface area contributed by atoms with Gasteiger partial charge < -0.3 is 14.2 Å². The first-order valence-corrected chi connectivity index (χ1v) is 9.81. The van der Waals surface area contributed by atoms with Crippen molar-refractivity contribution in [2.24, 2.45) is 0 Å². The molecule has 0 atom stereocenters. The molecule has 29 heavy (non-hydrogen) atoms. The van der Waals surface area contributed by atoms with Crippen LogP contribution in [0.3, 0.4) is 0 Å². The molecule has 6 nitrogen and oxygen atoms in total. The first kappa shape index (κ1) is 24.5. The monoisotopic (exact) mass is 405 g/mol. The minimum Gasteiger partial charge on any atom is -0.496 e. The molecular weight excluding hydrogens is 370 g/mol. The highest BCUT2D eigenvalue weighted by Gasteiger charge is 2.36. The van der Waals surface area contributed by atoms with Gasteiger partial charge in [0.1, 0.15) is 17.0 Å². The first-order valence-electron chi connectivity index (χ1n) is 9.81. The third-order valence-electron chi connectivity index (χ3n) is 3.92. The van der Waals surface area contributed by atoms with Crippen LogP contribution in [0.25, 0.3) is 5.70 Å². The number of carbonyl (C=O) groups excluding carboxylic acids is 2. The molecule has 1 aromatic rings. The summed E-state index contributed by atoms with van der Waals surface area (Å²) in [5, 5.41) is 0. The number of benzene rings is 1. The number of aryl methyl sites for hydroxylation is 1. The van der Waals surface area contributed by atoms with Gasteiger partial charge in [0, 0.05) is 5.56 Å². The van der Waals surface area contributed by atoms with Gasteiger partial charge in [-0.3, -0.25) is 0 Å². The molecule has 1 aromatic carbocycles. The number of carbonyl (C=O) groups is 2. The number of hydrogen-bond acceptors (Lipinski definition) is 5. The van der Waals surface area contributed by atoms with Crippen LogP contribution >= 0.6 is 0 Å². The Labute approximate surface area is 174 Å². The van der Waals surface area contributed by atoms with Gasteiger partial charge in [0.05, 0.1) is 12.8 Å². The summed E-state index contributed by atoms with van der Waals surface area (Å²) in [6.07, 6.45) is -0.967. The Bertz CT molecular complexity index is 753. The summed E-state index contributed by atoms with van der Waals surface area (Å²) in [7, 11) is 1.55. The molecule has 0 saturated carbocycles. The average Bonchev–Trinajstić information content (AvgIpc) is 2.55. The summed E-state index contributed by atoms with van der Waals surface area (Å²) < 4.78 is 16.6. The number of ether oxygens (including phenoxy) is 3. The SMILES string of the molecule is CCC(C)=C(c1cc(C)ccc1OC)N(C(=O)OC(C)(C)C)C(=O)OC(C)(C)C. The second-order valence-electron chi connectivity index (χ2n) is 8.98. The molecule has 0 aliphatic heterocycles. The summed E-state index contributed by atoms with van der Waals surface area (Å²) in [5.74, 6) is 0.551. The standard InChI is InChI=1S/C23H35NO5/c1-11-16(3)19(17-14-15(2)12-13-18(17)27-10)24(20(25)28-22(4,5)6)21(26)29-23(7,8)9/h12-14H,11H2,1-10H3. The fourth-order valence-electron chi connectivity index (χ4n) is 2.59. The van der Waals surface area contributed by atoms with Crippen molar-refractivity contribution < 1.29 is 23.8 Å². The van der Waals surface area contributed by atoms with Gasteiger partial charge in [-0.2, -0.15) is 4.90 Å². The highest BCUT2D eigenvalue weighted by molar-refractivity contribution is 6.00. The van der Waals surface area contributed by atoms with E-state index in [1.807, 2.05) is 39.0 Å². The normalized spacial score (nSPS) is 12.8. The Morgan fingerprint density at radius 1 is 0.966 bits per heavy atom.